The van der Waals surface area contributed by atoms with Gasteiger partial charge in [0.05, 0.1) is 34.4 Å². The number of amides is 2. The summed E-state index contributed by atoms with van der Waals surface area (Å²) in [7, 11) is -3.67. The number of alkyl halides is 3. The molecule has 0 aliphatic heterocycles. The quantitative estimate of drug-likeness (QED) is 0.303. The number of sulfone groups is 1. The Hall–Kier alpha value is -2.77. The highest BCUT2D eigenvalue weighted by Crippen LogP contribution is 2.32. The van der Waals surface area contributed by atoms with Gasteiger partial charge in [-0.25, -0.2) is 8.42 Å². The number of thioether (sulfide) groups is 1. The summed E-state index contributed by atoms with van der Waals surface area (Å²) in [6, 6.07) is 8.45. The maximum Gasteiger partial charge on any atom is 0.416 e. The number of aliphatic hydroxyl groups excluding tert-OH is 1. The molecule has 220 valence electrons. The average Bonchev–Trinajstić information content (AvgIpc) is 2.88. The summed E-state index contributed by atoms with van der Waals surface area (Å²) in [6.45, 7) is 2.99. The van der Waals surface area contributed by atoms with Crippen LogP contribution in [-0.2, 0) is 20.8 Å². The molecular formula is C27H34F3N3O5S2. The molecule has 1 aliphatic carbocycles. The van der Waals surface area contributed by atoms with Crippen molar-refractivity contribution in [2.24, 2.45) is 5.92 Å². The van der Waals surface area contributed by atoms with E-state index in [1.54, 1.807) is 26.0 Å². The topological polar surface area (TPSA) is 125 Å². The Balaban J connectivity index is 1.68. The molecule has 2 aromatic rings. The molecule has 0 aromatic heterocycles. The SMILES string of the molecule is CSc1ccc(S(=O)(=O)C[C@H]2CC[C@@H](O)C[C@@H]2NC(=O)CNC(=O)c2cc(C(F)(F)F)ccc2NC(C)C)cc1. The maximum absolute atomic E-state index is 13.2. The number of halogens is 3. The lowest BCUT2D eigenvalue weighted by Crippen LogP contribution is -2.50. The molecule has 40 heavy (non-hydrogen) atoms. The fraction of sp³-hybridized carbons (Fsp3) is 0.481. The third kappa shape index (κ3) is 8.61. The Labute approximate surface area is 236 Å². The van der Waals surface area contributed by atoms with Crippen LogP contribution in [0.25, 0.3) is 0 Å². The molecule has 13 heteroatoms. The van der Waals surface area contributed by atoms with Gasteiger partial charge in [0.25, 0.3) is 5.91 Å². The van der Waals surface area contributed by atoms with Crippen molar-refractivity contribution in [3.8, 4) is 0 Å². The van der Waals surface area contributed by atoms with E-state index in [0.29, 0.717) is 12.8 Å². The minimum absolute atomic E-state index is 0.140. The van der Waals surface area contributed by atoms with Crippen molar-refractivity contribution >= 4 is 39.1 Å². The molecule has 3 rings (SSSR count). The van der Waals surface area contributed by atoms with Crippen LogP contribution in [0.1, 0.15) is 49.0 Å². The Morgan fingerprint density at radius 2 is 1.77 bits per heavy atom. The molecule has 0 heterocycles. The number of hydrogen-bond acceptors (Lipinski definition) is 7. The van der Waals surface area contributed by atoms with Gasteiger partial charge in [-0.2, -0.15) is 13.2 Å². The molecule has 0 radical (unpaired) electrons. The standard InChI is InChI=1S/C27H34F3N3O5S2/c1-16(2)32-23-11-5-18(27(28,29)30)12-22(23)26(36)31-14-25(35)33-24-13-19(34)6-4-17(24)15-40(37,38)21-9-7-20(39-3)8-10-21/h5,7-12,16-17,19,24,32,34H,4,6,13-15H2,1-3H3,(H,31,36)(H,33,35)/t17-,19-,24+/m1/s1. The third-order valence-corrected chi connectivity index (χ3v) is 9.21. The summed E-state index contributed by atoms with van der Waals surface area (Å²) in [4.78, 5) is 26.6. The first kappa shape index (κ1) is 31.8. The Bertz CT molecular complexity index is 1300. The van der Waals surface area contributed by atoms with E-state index in [1.165, 1.54) is 30.0 Å². The third-order valence-electron chi connectivity index (χ3n) is 6.61. The molecule has 1 fully saturated rings. The Morgan fingerprint density at radius 1 is 1.10 bits per heavy atom. The maximum atomic E-state index is 13.2. The van der Waals surface area contributed by atoms with Crippen molar-refractivity contribution in [1.82, 2.24) is 10.6 Å². The van der Waals surface area contributed by atoms with Gasteiger partial charge in [-0.3, -0.25) is 9.59 Å². The van der Waals surface area contributed by atoms with Gasteiger partial charge in [-0.1, -0.05) is 0 Å². The molecule has 1 aliphatic rings. The predicted octanol–water partition coefficient (Wildman–Crippen LogP) is 4.10. The van der Waals surface area contributed by atoms with Crippen molar-refractivity contribution in [3.05, 3.63) is 53.6 Å². The highest BCUT2D eigenvalue weighted by molar-refractivity contribution is 7.98. The van der Waals surface area contributed by atoms with Crippen LogP contribution >= 0.6 is 11.8 Å². The molecular weight excluding hydrogens is 567 g/mol. The van der Waals surface area contributed by atoms with E-state index in [4.69, 9.17) is 0 Å². The van der Waals surface area contributed by atoms with Crippen molar-refractivity contribution in [3.63, 3.8) is 0 Å². The number of carbonyl (C=O) groups is 2. The molecule has 8 nitrogen and oxygen atoms in total. The van der Waals surface area contributed by atoms with Gasteiger partial charge in [0.1, 0.15) is 0 Å². The molecule has 2 aromatic carbocycles. The average molecular weight is 602 g/mol. The molecule has 4 N–H and O–H groups in total. The van der Waals surface area contributed by atoms with E-state index in [0.717, 1.165) is 17.0 Å². The van der Waals surface area contributed by atoms with Crippen LogP contribution in [0, 0.1) is 5.92 Å². The highest BCUT2D eigenvalue weighted by atomic mass is 32.2. The van der Waals surface area contributed by atoms with Gasteiger partial charge in [-0.05, 0) is 87.7 Å². The van der Waals surface area contributed by atoms with E-state index in [1.807, 2.05) is 6.26 Å². The first-order chi connectivity index (χ1) is 18.7. The second-order valence-corrected chi connectivity index (χ2v) is 13.0. The smallest absolute Gasteiger partial charge is 0.393 e. The van der Waals surface area contributed by atoms with Crippen LogP contribution in [-0.4, -0.2) is 62.1 Å². The van der Waals surface area contributed by atoms with Gasteiger partial charge >= 0.3 is 6.18 Å². The summed E-state index contributed by atoms with van der Waals surface area (Å²) < 4.78 is 65.9. The van der Waals surface area contributed by atoms with Crippen molar-refractivity contribution in [2.45, 2.75) is 67.3 Å². The number of anilines is 1. The lowest BCUT2D eigenvalue weighted by atomic mass is 9.84. The Morgan fingerprint density at radius 3 is 2.38 bits per heavy atom. The minimum atomic E-state index is -4.66. The van der Waals surface area contributed by atoms with Crippen LogP contribution in [0.2, 0.25) is 0 Å². The fourth-order valence-corrected chi connectivity index (χ4v) is 6.72. The normalized spacial score (nSPS) is 19.8. The lowest BCUT2D eigenvalue weighted by molar-refractivity contribution is -0.137. The van der Waals surface area contributed by atoms with Crippen LogP contribution in [0.3, 0.4) is 0 Å². The number of hydrogen-bond donors (Lipinski definition) is 4. The Kier molecular flexibility index (Phi) is 10.5. The molecule has 0 saturated heterocycles. The van der Waals surface area contributed by atoms with Crippen molar-refractivity contribution in [2.75, 3.05) is 23.9 Å². The molecule has 2 amide bonds. The zero-order chi connectivity index (χ0) is 29.7. The van der Waals surface area contributed by atoms with E-state index in [9.17, 15) is 36.3 Å². The van der Waals surface area contributed by atoms with E-state index >= 15 is 0 Å². The van der Waals surface area contributed by atoms with Crippen LogP contribution in [0.4, 0.5) is 18.9 Å². The summed E-state index contributed by atoms with van der Waals surface area (Å²) in [5.74, 6) is -2.23. The molecule has 0 bridgehead atoms. The van der Waals surface area contributed by atoms with E-state index < -0.39 is 58.0 Å². The highest BCUT2D eigenvalue weighted by Gasteiger charge is 2.35. The number of aliphatic hydroxyl groups is 1. The first-order valence-electron chi connectivity index (χ1n) is 12.8. The second-order valence-electron chi connectivity index (χ2n) is 10.1. The molecule has 3 atom stereocenters. The zero-order valence-electron chi connectivity index (χ0n) is 22.4. The molecule has 1 saturated carbocycles. The fourth-order valence-electron chi connectivity index (χ4n) is 4.61. The second kappa shape index (κ2) is 13.3. The summed E-state index contributed by atoms with van der Waals surface area (Å²) in [5, 5.41) is 18.2. The monoisotopic (exact) mass is 601 g/mol. The number of benzene rings is 2. The summed E-state index contributed by atoms with van der Waals surface area (Å²) in [5.41, 5.74) is -1.08. The van der Waals surface area contributed by atoms with Crippen LogP contribution < -0.4 is 16.0 Å². The van der Waals surface area contributed by atoms with Gasteiger partial charge in [0.2, 0.25) is 5.91 Å². The summed E-state index contributed by atoms with van der Waals surface area (Å²) >= 11 is 1.49. The minimum Gasteiger partial charge on any atom is -0.393 e. The van der Waals surface area contributed by atoms with Crippen LogP contribution in [0.5, 0.6) is 0 Å². The predicted molar refractivity (Wildman–Crippen MR) is 148 cm³/mol. The van der Waals surface area contributed by atoms with Gasteiger partial charge in [-0.15, -0.1) is 11.8 Å². The van der Waals surface area contributed by atoms with Gasteiger partial charge < -0.3 is 21.1 Å². The van der Waals surface area contributed by atoms with E-state index in [-0.39, 0.29) is 34.4 Å². The number of carbonyl (C=O) groups excluding carboxylic acids is 2. The van der Waals surface area contributed by atoms with Crippen molar-refractivity contribution in [1.29, 1.82) is 0 Å². The van der Waals surface area contributed by atoms with Gasteiger partial charge in [0, 0.05) is 22.7 Å². The van der Waals surface area contributed by atoms with E-state index in [2.05, 4.69) is 16.0 Å². The summed E-state index contributed by atoms with van der Waals surface area (Å²) in [6.07, 6.45) is -2.61. The van der Waals surface area contributed by atoms with Crippen LogP contribution in [0.15, 0.2) is 52.3 Å². The first-order valence-corrected chi connectivity index (χ1v) is 15.7. The number of nitrogens with one attached hydrogen (secondary N) is 3. The molecule has 0 spiro atoms. The van der Waals surface area contributed by atoms with Crippen molar-refractivity contribution < 1.29 is 36.3 Å². The van der Waals surface area contributed by atoms with Gasteiger partial charge in [0.15, 0.2) is 9.84 Å². The molecule has 0 unspecified atom stereocenters. The number of rotatable bonds is 10. The lowest BCUT2D eigenvalue weighted by Gasteiger charge is -2.34. The zero-order valence-corrected chi connectivity index (χ0v) is 24.0. The largest absolute Gasteiger partial charge is 0.416 e.